The van der Waals surface area contributed by atoms with E-state index in [0.717, 1.165) is 21.2 Å². The molecule has 4 nitrogen and oxygen atoms in total. The second-order valence-corrected chi connectivity index (χ2v) is 6.85. The zero-order valence-electron chi connectivity index (χ0n) is 13.3. The maximum Gasteiger partial charge on any atom is 0.273 e. The number of aromatic nitrogens is 2. The Hall–Kier alpha value is -2.24. The number of rotatable bonds is 4. The largest absolute Gasteiger partial charge is 0.320 e. The number of nitrogens with zero attached hydrogens (tertiary/aromatic N) is 2. The number of hydrogen-bond acceptors (Lipinski definition) is 3. The number of halogens is 1. The van der Waals surface area contributed by atoms with E-state index in [9.17, 15) is 4.79 Å². The predicted octanol–water partition coefficient (Wildman–Crippen LogP) is 4.79. The molecule has 0 spiro atoms. The van der Waals surface area contributed by atoms with Gasteiger partial charge < -0.3 is 5.32 Å². The lowest BCUT2D eigenvalue weighted by atomic mass is 10.3. The molecule has 2 aromatic carbocycles. The van der Waals surface area contributed by atoms with Gasteiger partial charge in [-0.05, 0) is 49.4 Å². The van der Waals surface area contributed by atoms with Crippen molar-refractivity contribution in [1.29, 1.82) is 0 Å². The molecule has 0 fully saturated rings. The minimum atomic E-state index is -0.178. The molecular weight excluding hydrogens is 342 g/mol. The van der Waals surface area contributed by atoms with E-state index in [0.29, 0.717) is 10.7 Å². The van der Waals surface area contributed by atoms with Gasteiger partial charge in [-0.1, -0.05) is 35.5 Å². The molecule has 3 aromatic rings. The van der Waals surface area contributed by atoms with Gasteiger partial charge in [0, 0.05) is 21.9 Å². The third-order valence-corrected chi connectivity index (χ3v) is 4.75. The summed E-state index contributed by atoms with van der Waals surface area (Å²) in [5, 5.41) is 7.88. The van der Waals surface area contributed by atoms with E-state index in [1.807, 2.05) is 55.5 Å². The Morgan fingerprint density at radius 1 is 1.17 bits per heavy atom. The van der Waals surface area contributed by atoms with Crippen molar-refractivity contribution in [2.24, 2.45) is 7.05 Å². The number of nitrogens with one attached hydrogen (secondary N) is 1. The summed E-state index contributed by atoms with van der Waals surface area (Å²) in [5.74, 6) is -0.178. The van der Waals surface area contributed by atoms with Crippen LogP contribution in [-0.2, 0) is 7.05 Å². The SMILES string of the molecule is Cc1cc(C(=O)Nc2ccccc2Sc2ccc(Cl)cc2)n(C)n1. The van der Waals surface area contributed by atoms with Gasteiger partial charge in [0.25, 0.3) is 5.91 Å². The molecule has 1 amide bonds. The molecule has 0 unspecified atom stereocenters. The van der Waals surface area contributed by atoms with Crippen LogP contribution in [0.5, 0.6) is 0 Å². The molecule has 0 radical (unpaired) electrons. The molecule has 0 aliphatic heterocycles. The van der Waals surface area contributed by atoms with Gasteiger partial charge in [-0.15, -0.1) is 0 Å². The van der Waals surface area contributed by atoms with Crippen LogP contribution in [0.4, 0.5) is 5.69 Å². The summed E-state index contributed by atoms with van der Waals surface area (Å²) < 4.78 is 1.58. The van der Waals surface area contributed by atoms with Gasteiger partial charge in [0.2, 0.25) is 0 Å². The highest BCUT2D eigenvalue weighted by atomic mass is 35.5. The predicted molar refractivity (Wildman–Crippen MR) is 97.9 cm³/mol. The fraction of sp³-hybridized carbons (Fsp3) is 0.111. The Morgan fingerprint density at radius 2 is 1.88 bits per heavy atom. The van der Waals surface area contributed by atoms with Crippen molar-refractivity contribution in [3.05, 3.63) is 71.0 Å². The number of hydrogen-bond donors (Lipinski definition) is 1. The average Bonchev–Trinajstić information content (AvgIpc) is 2.90. The first-order valence-corrected chi connectivity index (χ1v) is 8.57. The third-order valence-electron chi connectivity index (χ3n) is 3.41. The van der Waals surface area contributed by atoms with Crippen molar-refractivity contribution < 1.29 is 4.79 Å². The van der Waals surface area contributed by atoms with E-state index in [4.69, 9.17) is 11.6 Å². The number of aryl methyl sites for hydroxylation is 2. The zero-order valence-corrected chi connectivity index (χ0v) is 14.9. The fourth-order valence-electron chi connectivity index (χ4n) is 2.30. The topological polar surface area (TPSA) is 46.9 Å². The molecule has 0 saturated carbocycles. The third kappa shape index (κ3) is 3.80. The Kier molecular flexibility index (Phi) is 4.92. The summed E-state index contributed by atoms with van der Waals surface area (Å²) in [6.45, 7) is 1.86. The summed E-state index contributed by atoms with van der Waals surface area (Å²) >= 11 is 7.50. The monoisotopic (exact) mass is 357 g/mol. The molecule has 6 heteroatoms. The highest BCUT2D eigenvalue weighted by Crippen LogP contribution is 2.34. The number of anilines is 1. The van der Waals surface area contributed by atoms with Crippen molar-refractivity contribution in [2.45, 2.75) is 16.7 Å². The van der Waals surface area contributed by atoms with E-state index >= 15 is 0 Å². The van der Waals surface area contributed by atoms with Crippen LogP contribution < -0.4 is 5.32 Å². The lowest BCUT2D eigenvalue weighted by Crippen LogP contribution is -2.16. The van der Waals surface area contributed by atoms with Crippen LogP contribution in [0.3, 0.4) is 0 Å². The number of carbonyl (C=O) groups is 1. The molecular formula is C18H16ClN3OS. The molecule has 122 valence electrons. The minimum Gasteiger partial charge on any atom is -0.320 e. The van der Waals surface area contributed by atoms with Gasteiger partial charge in [-0.25, -0.2) is 0 Å². The highest BCUT2D eigenvalue weighted by Gasteiger charge is 2.14. The van der Waals surface area contributed by atoms with E-state index in [1.54, 1.807) is 29.6 Å². The van der Waals surface area contributed by atoms with Crippen LogP contribution in [0.15, 0.2) is 64.4 Å². The van der Waals surface area contributed by atoms with E-state index < -0.39 is 0 Å². The highest BCUT2D eigenvalue weighted by molar-refractivity contribution is 7.99. The molecule has 1 aromatic heterocycles. The Labute approximate surface area is 149 Å². The van der Waals surface area contributed by atoms with Gasteiger partial charge in [-0.3, -0.25) is 9.48 Å². The molecule has 3 rings (SSSR count). The standard InChI is InChI=1S/C18H16ClN3OS/c1-12-11-16(22(2)21-12)18(23)20-15-5-3-4-6-17(15)24-14-9-7-13(19)8-10-14/h3-11H,1-2H3,(H,20,23). The van der Waals surface area contributed by atoms with Crippen molar-refractivity contribution in [2.75, 3.05) is 5.32 Å². The summed E-state index contributed by atoms with van der Waals surface area (Å²) in [5.41, 5.74) is 2.10. The number of amides is 1. The normalized spacial score (nSPS) is 10.6. The van der Waals surface area contributed by atoms with Crippen LogP contribution >= 0.6 is 23.4 Å². The lowest BCUT2D eigenvalue weighted by Gasteiger charge is -2.11. The van der Waals surface area contributed by atoms with Crippen LogP contribution in [0, 0.1) is 6.92 Å². The van der Waals surface area contributed by atoms with Gasteiger partial charge in [-0.2, -0.15) is 5.10 Å². The number of para-hydroxylation sites is 1. The molecule has 1 heterocycles. The molecule has 0 aliphatic rings. The quantitative estimate of drug-likeness (QED) is 0.730. The minimum absolute atomic E-state index is 0.178. The maximum absolute atomic E-state index is 12.5. The first-order chi connectivity index (χ1) is 11.5. The Morgan fingerprint density at radius 3 is 2.54 bits per heavy atom. The lowest BCUT2D eigenvalue weighted by molar-refractivity contribution is 0.101. The number of carbonyl (C=O) groups excluding carboxylic acids is 1. The summed E-state index contributed by atoms with van der Waals surface area (Å²) in [6.07, 6.45) is 0. The van der Waals surface area contributed by atoms with Crippen LogP contribution in [-0.4, -0.2) is 15.7 Å². The molecule has 0 bridgehead atoms. The summed E-state index contributed by atoms with van der Waals surface area (Å²) in [6, 6.07) is 17.1. The van der Waals surface area contributed by atoms with Crippen molar-refractivity contribution >= 4 is 35.0 Å². The first-order valence-electron chi connectivity index (χ1n) is 7.37. The van der Waals surface area contributed by atoms with Crippen LogP contribution in [0.1, 0.15) is 16.2 Å². The van der Waals surface area contributed by atoms with Crippen LogP contribution in [0.25, 0.3) is 0 Å². The van der Waals surface area contributed by atoms with Crippen LogP contribution in [0.2, 0.25) is 5.02 Å². The van der Waals surface area contributed by atoms with Gasteiger partial charge in [0.05, 0.1) is 11.4 Å². The Balaban J connectivity index is 1.82. The summed E-state index contributed by atoms with van der Waals surface area (Å²) in [4.78, 5) is 14.5. The second-order valence-electron chi connectivity index (χ2n) is 5.30. The zero-order chi connectivity index (χ0) is 17.1. The molecule has 24 heavy (non-hydrogen) atoms. The number of benzene rings is 2. The second kappa shape index (κ2) is 7.11. The maximum atomic E-state index is 12.5. The van der Waals surface area contributed by atoms with E-state index in [-0.39, 0.29) is 5.91 Å². The smallest absolute Gasteiger partial charge is 0.273 e. The molecule has 0 aliphatic carbocycles. The van der Waals surface area contributed by atoms with Gasteiger partial charge in [0.15, 0.2) is 0 Å². The van der Waals surface area contributed by atoms with Crippen molar-refractivity contribution in [1.82, 2.24) is 9.78 Å². The van der Waals surface area contributed by atoms with E-state index in [2.05, 4.69) is 10.4 Å². The molecule has 0 saturated heterocycles. The van der Waals surface area contributed by atoms with Crippen molar-refractivity contribution in [3.8, 4) is 0 Å². The molecule has 1 N–H and O–H groups in total. The van der Waals surface area contributed by atoms with Gasteiger partial charge >= 0.3 is 0 Å². The summed E-state index contributed by atoms with van der Waals surface area (Å²) in [7, 11) is 1.76. The van der Waals surface area contributed by atoms with E-state index in [1.165, 1.54) is 0 Å². The first kappa shape index (κ1) is 16.6. The average molecular weight is 358 g/mol. The fourth-order valence-corrected chi connectivity index (χ4v) is 3.33. The molecule has 0 atom stereocenters. The Bertz CT molecular complexity index is 874. The van der Waals surface area contributed by atoms with Crippen molar-refractivity contribution in [3.63, 3.8) is 0 Å². The van der Waals surface area contributed by atoms with Gasteiger partial charge in [0.1, 0.15) is 5.69 Å².